The summed E-state index contributed by atoms with van der Waals surface area (Å²) in [6.45, 7) is 6.93. The Morgan fingerprint density at radius 1 is 1.30 bits per heavy atom. The Kier molecular flexibility index (Phi) is 4.17. The molecule has 122 valence electrons. The Balaban J connectivity index is 1.85. The van der Waals surface area contributed by atoms with Crippen LogP contribution < -0.4 is 5.56 Å². The molecule has 0 N–H and O–H groups in total. The van der Waals surface area contributed by atoms with Gasteiger partial charge in [0, 0.05) is 13.1 Å². The van der Waals surface area contributed by atoms with Crippen LogP contribution in [0.3, 0.4) is 0 Å². The van der Waals surface area contributed by atoms with Crippen molar-refractivity contribution in [3.8, 4) is 0 Å². The van der Waals surface area contributed by atoms with Crippen molar-refractivity contribution in [2.75, 3.05) is 13.1 Å². The average molecular weight is 315 g/mol. The Hall–Kier alpha value is -2.21. The van der Waals surface area contributed by atoms with Crippen LogP contribution in [0.15, 0.2) is 29.3 Å². The molecule has 2 unspecified atom stereocenters. The molecule has 1 saturated heterocycles. The molecule has 1 fully saturated rings. The molecule has 2 heterocycles. The summed E-state index contributed by atoms with van der Waals surface area (Å²) in [7, 11) is 0. The Labute approximate surface area is 134 Å². The highest BCUT2D eigenvalue weighted by atomic mass is 16.5. The van der Waals surface area contributed by atoms with Gasteiger partial charge in [0.25, 0.3) is 5.56 Å². The fourth-order valence-electron chi connectivity index (χ4n) is 3.08. The molecule has 1 aromatic heterocycles. The number of hydrogen-bond donors (Lipinski definition) is 0. The van der Waals surface area contributed by atoms with Gasteiger partial charge in [-0.25, -0.2) is 4.98 Å². The van der Waals surface area contributed by atoms with E-state index in [9.17, 15) is 9.59 Å². The lowest BCUT2D eigenvalue weighted by atomic mass is 10.1. The van der Waals surface area contributed by atoms with E-state index in [2.05, 4.69) is 4.98 Å². The van der Waals surface area contributed by atoms with Crippen molar-refractivity contribution >= 4 is 16.8 Å². The first-order chi connectivity index (χ1) is 11.0. The lowest BCUT2D eigenvalue weighted by Gasteiger charge is -2.35. The number of nitrogens with zero attached hydrogens (tertiary/aromatic N) is 3. The summed E-state index contributed by atoms with van der Waals surface area (Å²) in [6.07, 6.45) is 1.48. The van der Waals surface area contributed by atoms with Crippen LogP contribution >= 0.6 is 0 Å². The Morgan fingerprint density at radius 2 is 2.00 bits per heavy atom. The number of ether oxygens (including phenoxy) is 1. The minimum Gasteiger partial charge on any atom is -0.372 e. The first-order valence-corrected chi connectivity index (χ1v) is 7.83. The maximum Gasteiger partial charge on any atom is 0.261 e. The lowest BCUT2D eigenvalue weighted by molar-refractivity contribution is -0.143. The van der Waals surface area contributed by atoms with Crippen LogP contribution in [0.4, 0.5) is 0 Å². The van der Waals surface area contributed by atoms with Crippen LogP contribution in [0.1, 0.15) is 19.4 Å². The summed E-state index contributed by atoms with van der Waals surface area (Å²) in [5.74, 6) is -0.0806. The molecule has 1 aliphatic rings. The standard InChI is InChI=1S/C17H21N3O3/c1-11-5-4-6-14-16(11)18-10-20(17(14)22)9-15(21)19-7-12(2)23-13(3)8-19/h4-6,10,12-13H,7-9H2,1-3H3. The van der Waals surface area contributed by atoms with E-state index in [4.69, 9.17) is 4.74 Å². The van der Waals surface area contributed by atoms with Gasteiger partial charge in [-0.1, -0.05) is 12.1 Å². The first-order valence-electron chi connectivity index (χ1n) is 7.83. The summed E-state index contributed by atoms with van der Waals surface area (Å²) in [6, 6.07) is 5.50. The topological polar surface area (TPSA) is 64.4 Å². The SMILES string of the molecule is Cc1cccc2c(=O)n(CC(=O)N3CC(C)OC(C)C3)cnc12. The third-order valence-electron chi connectivity index (χ3n) is 4.13. The van der Waals surface area contributed by atoms with Crippen LogP contribution in [0.2, 0.25) is 0 Å². The van der Waals surface area contributed by atoms with Gasteiger partial charge >= 0.3 is 0 Å². The predicted molar refractivity (Wildman–Crippen MR) is 87.3 cm³/mol. The molecule has 2 aromatic rings. The normalized spacial score (nSPS) is 21.6. The summed E-state index contributed by atoms with van der Waals surface area (Å²) in [4.78, 5) is 31.1. The smallest absolute Gasteiger partial charge is 0.261 e. The fraction of sp³-hybridized carbons (Fsp3) is 0.471. The number of para-hydroxylation sites is 1. The third kappa shape index (κ3) is 3.12. The summed E-state index contributed by atoms with van der Waals surface area (Å²) >= 11 is 0. The van der Waals surface area contributed by atoms with Gasteiger partial charge in [-0.05, 0) is 32.4 Å². The molecule has 1 aliphatic heterocycles. The molecule has 3 rings (SSSR count). The number of morpholine rings is 1. The van der Waals surface area contributed by atoms with Gasteiger partial charge in [0.15, 0.2) is 0 Å². The quantitative estimate of drug-likeness (QED) is 0.839. The zero-order chi connectivity index (χ0) is 16.6. The van der Waals surface area contributed by atoms with Crippen LogP contribution in [0.5, 0.6) is 0 Å². The largest absolute Gasteiger partial charge is 0.372 e. The number of fused-ring (bicyclic) bond motifs is 1. The lowest BCUT2D eigenvalue weighted by Crippen LogP contribution is -2.49. The number of amides is 1. The van der Waals surface area contributed by atoms with Gasteiger partial charge in [0.2, 0.25) is 5.91 Å². The molecule has 1 aromatic carbocycles. The van der Waals surface area contributed by atoms with Crippen molar-refractivity contribution in [1.82, 2.24) is 14.5 Å². The van der Waals surface area contributed by atoms with Crippen molar-refractivity contribution in [2.24, 2.45) is 0 Å². The third-order valence-corrected chi connectivity index (χ3v) is 4.13. The molecule has 0 spiro atoms. The number of hydrogen-bond acceptors (Lipinski definition) is 4. The molecule has 6 nitrogen and oxygen atoms in total. The van der Waals surface area contributed by atoms with Crippen molar-refractivity contribution in [3.05, 3.63) is 40.4 Å². The van der Waals surface area contributed by atoms with Gasteiger partial charge in [-0.15, -0.1) is 0 Å². The van der Waals surface area contributed by atoms with E-state index in [1.807, 2.05) is 32.9 Å². The molecule has 0 bridgehead atoms. The second-order valence-electron chi connectivity index (χ2n) is 6.20. The summed E-state index contributed by atoms with van der Waals surface area (Å²) in [5.41, 5.74) is 1.46. The molecule has 1 amide bonds. The number of carbonyl (C=O) groups excluding carboxylic acids is 1. The van der Waals surface area contributed by atoms with Gasteiger partial charge in [-0.2, -0.15) is 0 Å². The van der Waals surface area contributed by atoms with Crippen LogP contribution in [0, 0.1) is 6.92 Å². The fourth-order valence-corrected chi connectivity index (χ4v) is 3.08. The van der Waals surface area contributed by atoms with E-state index < -0.39 is 0 Å². The number of aryl methyl sites for hydroxylation is 1. The summed E-state index contributed by atoms with van der Waals surface area (Å²) < 4.78 is 7.02. The van der Waals surface area contributed by atoms with Crippen molar-refractivity contribution in [2.45, 2.75) is 39.5 Å². The van der Waals surface area contributed by atoms with E-state index in [-0.39, 0.29) is 30.2 Å². The maximum absolute atomic E-state index is 12.6. The molecule has 0 aliphatic carbocycles. The van der Waals surface area contributed by atoms with Gasteiger partial charge in [0.1, 0.15) is 6.54 Å². The number of aromatic nitrogens is 2. The zero-order valence-electron chi connectivity index (χ0n) is 13.7. The monoisotopic (exact) mass is 315 g/mol. The molecule has 0 radical (unpaired) electrons. The highest BCUT2D eigenvalue weighted by molar-refractivity contribution is 5.81. The van der Waals surface area contributed by atoms with E-state index in [1.54, 1.807) is 11.0 Å². The minimum atomic E-state index is -0.179. The van der Waals surface area contributed by atoms with E-state index >= 15 is 0 Å². The van der Waals surface area contributed by atoms with Gasteiger partial charge < -0.3 is 9.64 Å². The number of carbonyl (C=O) groups is 1. The highest BCUT2D eigenvalue weighted by Gasteiger charge is 2.26. The molecule has 6 heteroatoms. The van der Waals surface area contributed by atoms with Crippen LogP contribution in [-0.4, -0.2) is 45.7 Å². The Bertz CT molecular complexity index is 789. The van der Waals surface area contributed by atoms with Crippen molar-refractivity contribution in [3.63, 3.8) is 0 Å². The van der Waals surface area contributed by atoms with E-state index in [0.717, 1.165) is 5.56 Å². The maximum atomic E-state index is 12.6. The van der Waals surface area contributed by atoms with Crippen LogP contribution in [-0.2, 0) is 16.1 Å². The average Bonchev–Trinajstić information content (AvgIpc) is 2.49. The number of benzene rings is 1. The molecular formula is C17H21N3O3. The van der Waals surface area contributed by atoms with Crippen molar-refractivity contribution in [1.29, 1.82) is 0 Å². The highest BCUT2D eigenvalue weighted by Crippen LogP contribution is 2.13. The van der Waals surface area contributed by atoms with Gasteiger partial charge in [-0.3, -0.25) is 14.2 Å². The van der Waals surface area contributed by atoms with Gasteiger partial charge in [0.05, 0.1) is 29.4 Å². The van der Waals surface area contributed by atoms with E-state index in [1.165, 1.54) is 10.9 Å². The Morgan fingerprint density at radius 3 is 2.70 bits per heavy atom. The zero-order valence-corrected chi connectivity index (χ0v) is 13.7. The predicted octanol–water partition coefficient (Wildman–Crippen LogP) is 1.34. The minimum absolute atomic E-state index is 0.00908. The molecular weight excluding hydrogens is 294 g/mol. The second kappa shape index (κ2) is 6.12. The van der Waals surface area contributed by atoms with Crippen molar-refractivity contribution < 1.29 is 9.53 Å². The van der Waals surface area contributed by atoms with E-state index in [0.29, 0.717) is 24.0 Å². The first kappa shape index (κ1) is 15.7. The number of rotatable bonds is 2. The molecule has 0 saturated carbocycles. The van der Waals surface area contributed by atoms with Crippen LogP contribution in [0.25, 0.3) is 10.9 Å². The summed E-state index contributed by atoms with van der Waals surface area (Å²) in [5, 5.41) is 0.545. The molecule has 2 atom stereocenters. The molecule has 23 heavy (non-hydrogen) atoms. The second-order valence-corrected chi connectivity index (χ2v) is 6.20.